The maximum absolute atomic E-state index is 5.63. The van der Waals surface area contributed by atoms with Crippen molar-refractivity contribution >= 4 is 0 Å². The van der Waals surface area contributed by atoms with Crippen LogP contribution in [0.2, 0.25) is 0 Å². The SMILES string of the molecule is CN(CCNCc1ccccn1)CCOCC1CC1. The van der Waals surface area contributed by atoms with Gasteiger partial charge in [-0.3, -0.25) is 4.98 Å². The molecule has 0 aliphatic heterocycles. The maximum atomic E-state index is 5.63. The lowest BCUT2D eigenvalue weighted by Crippen LogP contribution is -2.31. The Hall–Kier alpha value is -0.970. The molecular formula is C15H25N3O. The minimum Gasteiger partial charge on any atom is -0.380 e. The molecule has 19 heavy (non-hydrogen) atoms. The number of pyridine rings is 1. The first-order valence-electron chi connectivity index (χ1n) is 7.21. The Morgan fingerprint density at radius 2 is 2.26 bits per heavy atom. The molecule has 0 atom stereocenters. The van der Waals surface area contributed by atoms with Crippen molar-refractivity contribution in [2.24, 2.45) is 5.92 Å². The predicted molar refractivity (Wildman–Crippen MR) is 77.0 cm³/mol. The molecule has 1 N–H and O–H groups in total. The number of aromatic nitrogens is 1. The molecule has 0 radical (unpaired) electrons. The minimum absolute atomic E-state index is 0.840. The van der Waals surface area contributed by atoms with Gasteiger partial charge in [-0.15, -0.1) is 0 Å². The average molecular weight is 263 g/mol. The van der Waals surface area contributed by atoms with Gasteiger partial charge in [0.1, 0.15) is 0 Å². The van der Waals surface area contributed by atoms with Crippen molar-refractivity contribution in [3.63, 3.8) is 0 Å². The highest BCUT2D eigenvalue weighted by atomic mass is 16.5. The summed E-state index contributed by atoms with van der Waals surface area (Å²) >= 11 is 0. The molecule has 0 aromatic carbocycles. The summed E-state index contributed by atoms with van der Waals surface area (Å²) in [5.41, 5.74) is 1.10. The first-order valence-corrected chi connectivity index (χ1v) is 7.21. The molecule has 1 aliphatic carbocycles. The summed E-state index contributed by atoms with van der Waals surface area (Å²) < 4.78 is 5.63. The molecular weight excluding hydrogens is 238 g/mol. The Bertz CT molecular complexity index is 341. The predicted octanol–water partition coefficient (Wildman–Crippen LogP) is 1.53. The zero-order valence-electron chi connectivity index (χ0n) is 11.8. The van der Waals surface area contributed by atoms with Crippen molar-refractivity contribution in [2.45, 2.75) is 19.4 Å². The van der Waals surface area contributed by atoms with Gasteiger partial charge in [-0.05, 0) is 37.9 Å². The zero-order chi connectivity index (χ0) is 13.3. The van der Waals surface area contributed by atoms with E-state index >= 15 is 0 Å². The largest absolute Gasteiger partial charge is 0.380 e. The standard InChI is InChI=1S/C15H25N3O/c1-18(10-11-19-13-14-5-6-14)9-8-16-12-15-4-2-3-7-17-15/h2-4,7,14,16H,5-6,8-13H2,1H3. The highest BCUT2D eigenvalue weighted by Gasteiger charge is 2.20. The van der Waals surface area contributed by atoms with Gasteiger partial charge in [-0.1, -0.05) is 6.07 Å². The molecule has 106 valence electrons. The van der Waals surface area contributed by atoms with Crippen molar-refractivity contribution in [3.05, 3.63) is 30.1 Å². The monoisotopic (exact) mass is 263 g/mol. The van der Waals surface area contributed by atoms with Gasteiger partial charge >= 0.3 is 0 Å². The topological polar surface area (TPSA) is 37.4 Å². The molecule has 0 saturated heterocycles. The molecule has 0 bridgehead atoms. The van der Waals surface area contributed by atoms with Crippen LogP contribution in [0, 0.1) is 5.92 Å². The summed E-state index contributed by atoms with van der Waals surface area (Å²) in [5, 5.41) is 3.41. The summed E-state index contributed by atoms with van der Waals surface area (Å²) in [5.74, 6) is 0.866. The van der Waals surface area contributed by atoms with Crippen molar-refractivity contribution in [1.29, 1.82) is 0 Å². The first kappa shape index (κ1) is 14.4. The molecule has 1 saturated carbocycles. The highest BCUT2D eigenvalue weighted by molar-refractivity contribution is 5.02. The summed E-state index contributed by atoms with van der Waals surface area (Å²) in [6.07, 6.45) is 4.57. The third-order valence-corrected chi connectivity index (χ3v) is 3.37. The quantitative estimate of drug-likeness (QED) is 0.650. The van der Waals surface area contributed by atoms with E-state index in [1.807, 2.05) is 24.4 Å². The smallest absolute Gasteiger partial charge is 0.0593 e. The lowest BCUT2D eigenvalue weighted by atomic mass is 10.3. The van der Waals surface area contributed by atoms with Gasteiger partial charge in [-0.2, -0.15) is 0 Å². The third-order valence-electron chi connectivity index (χ3n) is 3.37. The number of nitrogens with zero attached hydrogens (tertiary/aromatic N) is 2. The summed E-state index contributed by atoms with van der Waals surface area (Å²) in [7, 11) is 2.14. The van der Waals surface area contributed by atoms with Crippen LogP contribution in [0.3, 0.4) is 0 Å². The Morgan fingerprint density at radius 1 is 1.37 bits per heavy atom. The van der Waals surface area contributed by atoms with Gasteiger partial charge in [0.15, 0.2) is 0 Å². The zero-order valence-corrected chi connectivity index (χ0v) is 11.8. The van der Waals surface area contributed by atoms with Gasteiger partial charge < -0.3 is 15.0 Å². The summed E-state index contributed by atoms with van der Waals surface area (Å²) in [6.45, 7) is 5.69. The van der Waals surface area contributed by atoms with E-state index in [1.54, 1.807) is 0 Å². The first-order chi connectivity index (χ1) is 9.34. The van der Waals surface area contributed by atoms with E-state index in [-0.39, 0.29) is 0 Å². The molecule has 1 heterocycles. The number of rotatable bonds is 10. The minimum atomic E-state index is 0.840. The second kappa shape index (κ2) is 8.25. The molecule has 2 rings (SSSR count). The molecule has 4 nitrogen and oxygen atoms in total. The van der Waals surface area contributed by atoms with Gasteiger partial charge in [0.05, 0.1) is 12.3 Å². The van der Waals surface area contributed by atoms with Crippen molar-refractivity contribution in [2.75, 3.05) is 39.9 Å². The van der Waals surface area contributed by atoms with Gasteiger partial charge in [0.2, 0.25) is 0 Å². The van der Waals surface area contributed by atoms with E-state index in [9.17, 15) is 0 Å². The lowest BCUT2D eigenvalue weighted by molar-refractivity contribution is 0.104. The Balaban J connectivity index is 1.43. The molecule has 1 aliphatic rings. The van der Waals surface area contributed by atoms with Gasteiger partial charge in [-0.25, -0.2) is 0 Å². The summed E-state index contributed by atoms with van der Waals surface area (Å²) in [6, 6.07) is 6.01. The van der Waals surface area contributed by atoms with E-state index in [4.69, 9.17) is 4.74 Å². The fourth-order valence-electron chi connectivity index (χ4n) is 1.86. The van der Waals surface area contributed by atoms with E-state index < -0.39 is 0 Å². The van der Waals surface area contributed by atoms with E-state index in [1.165, 1.54) is 12.8 Å². The number of nitrogens with one attached hydrogen (secondary N) is 1. The van der Waals surface area contributed by atoms with Crippen LogP contribution in [0.25, 0.3) is 0 Å². The van der Waals surface area contributed by atoms with Crippen LogP contribution in [-0.4, -0.2) is 49.8 Å². The Morgan fingerprint density at radius 3 is 3.00 bits per heavy atom. The molecule has 1 aromatic heterocycles. The number of likely N-dealkylation sites (N-methyl/N-ethyl adjacent to an activating group) is 1. The van der Waals surface area contributed by atoms with E-state index in [2.05, 4.69) is 22.2 Å². The fraction of sp³-hybridized carbons (Fsp3) is 0.667. The van der Waals surface area contributed by atoms with Crippen molar-refractivity contribution in [3.8, 4) is 0 Å². The molecule has 0 unspecified atom stereocenters. The lowest BCUT2D eigenvalue weighted by Gasteiger charge is -2.16. The molecule has 0 amide bonds. The van der Waals surface area contributed by atoms with Crippen molar-refractivity contribution < 1.29 is 4.74 Å². The van der Waals surface area contributed by atoms with Crippen LogP contribution in [0.1, 0.15) is 18.5 Å². The molecule has 1 fully saturated rings. The third kappa shape index (κ3) is 6.66. The van der Waals surface area contributed by atoms with Crippen LogP contribution in [-0.2, 0) is 11.3 Å². The normalized spacial score (nSPS) is 15.1. The van der Waals surface area contributed by atoms with Gasteiger partial charge in [0, 0.05) is 39.0 Å². The number of hydrogen-bond donors (Lipinski definition) is 1. The number of ether oxygens (including phenoxy) is 1. The Kier molecular flexibility index (Phi) is 6.27. The second-order valence-electron chi connectivity index (χ2n) is 5.32. The van der Waals surface area contributed by atoms with Crippen LogP contribution in [0.5, 0.6) is 0 Å². The summed E-state index contributed by atoms with van der Waals surface area (Å²) in [4.78, 5) is 6.59. The van der Waals surface area contributed by atoms with Crippen molar-refractivity contribution in [1.82, 2.24) is 15.2 Å². The van der Waals surface area contributed by atoms with Crippen LogP contribution < -0.4 is 5.32 Å². The van der Waals surface area contributed by atoms with Crippen LogP contribution >= 0.6 is 0 Å². The van der Waals surface area contributed by atoms with E-state index in [0.29, 0.717) is 0 Å². The molecule has 0 spiro atoms. The Labute approximate surface area is 116 Å². The number of hydrogen-bond acceptors (Lipinski definition) is 4. The second-order valence-corrected chi connectivity index (χ2v) is 5.32. The van der Waals surface area contributed by atoms with Gasteiger partial charge in [0.25, 0.3) is 0 Å². The molecule has 1 aromatic rings. The van der Waals surface area contributed by atoms with Crippen LogP contribution in [0.4, 0.5) is 0 Å². The van der Waals surface area contributed by atoms with Crippen LogP contribution in [0.15, 0.2) is 24.4 Å². The highest BCUT2D eigenvalue weighted by Crippen LogP contribution is 2.28. The average Bonchev–Trinajstić information content (AvgIpc) is 3.25. The van der Waals surface area contributed by atoms with E-state index in [0.717, 1.165) is 51.0 Å². The molecule has 4 heteroatoms. The maximum Gasteiger partial charge on any atom is 0.0593 e. The fourth-order valence-corrected chi connectivity index (χ4v) is 1.86.